The van der Waals surface area contributed by atoms with Crippen molar-refractivity contribution in [2.75, 3.05) is 15.1 Å². The van der Waals surface area contributed by atoms with Gasteiger partial charge in [-0.3, -0.25) is 0 Å². The van der Waals surface area contributed by atoms with Crippen molar-refractivity contribution in [3.05, 3.63) is 217 Å². The van der Waals surface area contributed by atoms with Gasteiger partial charge in [0.25, 0.3) is 0 Å². The van der Waals surface area contributed by atoms with Gasteiger partial charge in [0.1, 0.15) is 16.5 Å². The standard InChI is InChI=1S/C48H36ClN3O/c49-48-46(52(40-25-13-4-14-26-40)41-27-15-5-16-28-41)33-36(34-47(48)53-43-29-17-6-18-30-43)44-32-31-42(35-45(44)50-37-19-7-1-8-20-37)51(38-21-9-2-10-22-38)39-23-11-3-12-24-39/h1-35,50H. The molecule has 8 rings (SSSR count). The Morgan fingerprint density at radius 3 is 1.38 bits per heavy atom. The first kappa shape index (κ1) is 33.4. The first-order valence-electron chi connectivity index (χ1n) is 17.5. The molecule has 0 amide bonds. The second-order valence-electron chi connectivity index (χ2n) is 12.5. The molecule has 256 valence electrons. The van der Waals surface area contributed by atoms with E-state index in [2.05, 4.69) is 124 Å². The monoisotopic (exact) mass is 705 g/mol. The van der Waals surface area contributed by atoms with Gasteiger partial charge in [0.2, 0.25) is 0 Å². The zero-order valence-electron chi connectivity index (χ0n) is 28.9. The molecule has 0 bridgehead atoms. The van der Waals surface area contributed by atoms with Crippen LogP contribution in [0.1, 0.15) is 0 Å². The summed E-state index contributed by atoms with van der Waals surface area (Å²) in [6.45, 7) is 0. The van der Waals surface area contributed by atoms with Crippen LogP contribution in [0.4, 0.5) is 45.5 Å². The molecule has 0 aliphatic rings. The summed E-state index contributed by atoms with van der Waals surface area (Å²) >= 11 is 7.40. The lowest BCUT2D eigenvalue weighted by molar-refractivity contribution is 0.483. The van der Waals surface area contributed by atoms with E-state index < -0.39 is 0 Å². The molecule has 5 heteroatoms. The van der Waals surface area contributed by atoms with Crippen LogP contribution < -0.4 is 19.9 Å². The molecule has 0 unspecified atom stereocenters. The Kier molecular flexibility index (Phi) is 9.86. The molecule has 0 saturated carbocycles. The third-order valence-electron chi connectivity index (χ3n) is 8.91. The quantitative estimate of drug-likeness (QED) is 0.145. The lowest BCUT2D eigenvalue weighted by Gasteiger charge is -2.29. The molecule has 0 spiro atoms. The molecule has 0 heterocycles. The first-order valence-corrected chi connectivity index (χ1v) is 17.9. The summed E-state index contributed by atoms with van der Waals surface area (Å²) < 4.78 is 6.58. The number of anilines is 8. The fourth-order valence-electron chi connectivity index (χ4n) is 6.48. The third kappa shape index (κ3) is 7.50. The van der Waals surface area contributed by atoms with Crippen LogP contribution in [0, 0.1) is 0 Å². The highest BCUT2D eigenvalue weighted by atomic mass is 35.5. The van der Waals surface area contributed by atoms with Crippen molar-refractivity contribution in [1.29, 1.82) is 0 Å². The molecule has 0 radical (unpaired) electrons. The molecule has 1 N–H and O–H groups in total. The zero-order chi connectivity index (χ0) is 35.8. The Labute approximate surface area is 315 Å². The molecule has 8 aromatic carbocycles. The highest BCUT2D eigenvalue weighted by Crippen LogP contribution is 2.48. The Hall–Kier alpha value is -6.75. The molecule has 8 aromatic rings. The molecule has 53 heavy (non-hydrogen) atoms. The zero-order valence-corrected chi connectivity index (χ0v) is 29.6. The minimum absolute atomic E-state index is 0.499. The van der Waals surface area contributed by atoms with Gasteiger partial charge in [-0.2, -0.15) is 0 Å². The van der Waals surface area contributed by atoms with Gasteiger partial charge in [-0.1, -0.05) is 127 Å². The fourth-order valence-corrected chi connectivity index (χ4v) is 6.71. The summed E-state index contributed by atoms with van der Waals surface area (Å²) in [6.07, 6.45) is 0. The number of hydrogen-bond acceptors (Lipinski definition) is 4. The summed E-state index contributed by atoms with van der Waals surface area (Å²) in [6, 6.07) is 72.2. The fraction of sp³-hybridized carbons (Fsp3) is 0. The molecule has 0 saturated heterocycles. The van der Waals surface area contributed by atoms with Crippen LogP contribution in [0.25, 0.3) is 11.1 Å². The molecular formula is C48H36ClN3O. The van der Waals surface area contributed by atoms with Gasteiger partial charge < -0.3 is 19.9 Å². The predicted octanol–water partition coefficient (Wildman–Crippen LogP) is 14.5. The van der Waals surface area contributed by atoms with Crippen molar-refractivity contribution in [3.8, 4) is 22.6 Å². The van der Waals surface area contributed by atoms with Gasteiger partial charge >= 0.3 is 0 Å². The topological polar surface area (TPSA) is 27.7 Å². The minimum Gasteiger partial charge on any atom is -0.456 e. The number of ether oxygens (including phenoxy) is 1. The van der Waals surface area contributed by atoms with E-state index >= 15 is 0 Å². The van der Waals surface area contributed by atoms with Crippen LogP contribution in [0.15, 0.2) is 212 Å². The van der Waals surface area contributed by atoms with E-state index in [9.17, 15) is 0 Å². The predicted molar refractivity (Wildman–Crippen MR) is 222 cm³/mol. The van der Waals surface area contributed by atoms with Crippen molar-refractivity contribution in [2.45, 2.75) is 0 Å². The highest BCUT2D eigenvalue weighted by molar-refractivity contribution is 6.35. The molecule has 4 nitrogen and oxygen atoms in total. The number of para-hydroxylation sites is 6. The van der Waals surface area contributed by atoms with Crippen LogP contribution in [0.2, 0.25) is 5.02 Å². The van der Waals surface area contributed by atoms with E-state index in [1.54, 1.807) is 0 Å². The van der Waals surface area contributed by atoms with Crippen LogP contribution in [0.3, 0.4) is 0 Å². The lowest BCUT2D eigenvalue weighted by Crippen LogP contribution is -2.11. The van der Waals surface area contributed by atoms with Crippen LogP contribution in [-0.2, 0) is 0 Å². The lowest BCUT2D eigenvalue weighted by atomic mass is 10.00. The first-order chi connectivity index (χ1) is 26.2. The Bertz CT molecular complexity index is 2310. The van der Waals surface area contributed by atoms with Crippen molar-refractivity contribution in [1.82, 2.24) is 0 Å². The maximum absolute atomic E-state index is 7.40. The van der Waals surface area contributed by atoms with E-state index in [0.717, 1.165) is 56.6 Å². The Balaban J connectivity index is 1.35. The van der Waals surface area contributed by atoms with Gasteiger partial charge in [0.05, 0.1) is 5.69 Å². The normalized spacial score (nSPS) is 10.7. The summed E-state index contributed by atoms with van der Waals surface area (Å²) in [7, 11) is 0. The molecular weight excluding hydrogens is 670 g/mol. The number of hydrogen-bond donors (Lipinski definition) is 1. The number of halogens is 1. The summed E-state index contributed by atoms with van der Waals surface area (Å²) in [5.41, 5.74) is 9.69. The smallest absolute Gasteiger partial charge is 0.148 e. The largest absolute Gasteiger partial charge is 0.456 e. The second-order valence-corrected chi connectivity index (χ2v) is 12.8. The SMILES string of the molecule is Clc1c(Oc2ccccc2)cc(-c2ccc(N(c3ccccc3)c3ccccc3)cc2Nc2ccccc2)cc1N(c1ccccc1)c1ccccc1. The third-order valence-corrected chi connectivity index (χ3v) is 9.29. The summed E-state index contributed by atoms with van der Waals surface area (Å²) in [5.74, 6) is 1.25. The molecule has 0 aromatic heterocycles. The van der Waals surface area contributed by atoms with Crippen molar-refractivity contribution in [2.24, 2.45) is 0 Å². The number of nitrogens with zero attached hydrogens (tertiary/aromatic N) is 2. The van der Waals surface area contributed by atoms with Crippen molar-refractivity contribution < 1.29 is 4.74 Å². The van der Waals surface area contributed by atoms with Gasteiger partial charge in [0.15, 0.2) is 0 Å². The van der Waals surface area contributed by atoms with Crippen LogP contribution in [-0.4, -0.2) is 0 Å². The Morgan fingerprint density at radius 2 is 0.868 bits per heavy atom. The molecule has 0 aliphatic heterocycles. The summed E-state index contributed by atoms with van der Waals surface area (Å²) in [5, 5.41) is 4.25. The number of rotatable bonds is 11. The van der Waals surface area contributed by atoms with Gasteiger partial charge in [-0.05, 0) is 103 Å². The minimum atomic E-state index is 0.499. The number of nitrogens with one attached hydrogen (secondary N) is 1. The second kappa shape index (κ2) is 15.6. The molecule has 0 aliphatic carbocycles. The van der Waals surface area contributed by atoms with Gasteiger partial charge in [-0.25, -0.2) is 0 Å². The summed E-state index contributed by atoms with van der Waals surface area (Å²) in [4.78, 5) is 4.44. The van der Waals surface area contributed by atoms with E-state index in [1.165, 1.54) is 0 Å². The van der Waals surface area contributed by atoms with E-state index in [4.69, 9.17) is 16.3 Å². The number of benzene rings is 8. The Morgan fingerprint density at radius 1 is 0.415 bits per heavy atom. The van der Waals surface area contributed by atoms with E-state index in [1.807, 2.05) is 103 Å². The van der Waals surface area contributed by atoms with Gasteiger partial charge in [0, 0.05) is 45.4 Å². The van der Waals surface area contributed by atoms with E-state index in [0.29, 0.717) is 16.5 Å². The van der Waals surface area contributed by atoms with Gasteiger partial charge in [-0.15, -0.1) is 0 Å². The van der Waals surface area contributed by atoms with E-state index in [-0.39, 0.29) is 0 Å². The molecule has 0 atom stereocenters. The molecule has 0 fully saturated rings. The van der Waals surface area contributed by atoms with Crippen molar-refractivity contribution >= 4 is 57.1 Å². The van der Waals surface area contributed by atoms with Crippen molar-refractivity contribution in [3.63, 3.8) is 0 Å². The average Bonchev–Trinajstić information content (AvgIpc) is 3.22. The maximum atomic E-state index is 7.40. The average molecular weight is 706 g/mol. The maximum Gasteiger partial charge on any atom is 0.148 e. The van der Waals surface area contributed by atoms with Crippen LogP contribution >= 0.6 is 11.6 Å². The highest BCUT2D eigenvalue weighted by Gasteiger charge is 2.23. The van der Waals surface area contributed by atoms with Crippen LogP contribution in [0.5, 0.6) is 11.5 Å².